The van der Waals surface area contributed by atoms with Crippen molar-refractivity contribution >= 4 is 29.0 Å². The van der Waals surface area contributed by atoms with E-state index in [1.54, 1.807) is 11.3 Å². The highest BCUT2D eigenvalue weighted by atomic mass is 32.1. The summed E-state index contributed by atoms with van der Waals surface area (Å²) in [6, 6.07) is 8.06. The maximum absolute atomic E-state index is 13.2. The summed E-state index contributed by atoms with van der Waals surface area (Å²) in [5.74, 6) is 0.378. The first-order chi connectivity index (χ1) is 14.3. The molecule has 5 rings (SSSR count). The van der Waals surface area contributed by atoms with E-state index in [4.69, 9.17) is 5.73 Å². The van der Waals surface area contributed by atoms with E-state index in [1.165, 1.54) is 16.8 Å². The zero-order valence-corrected chi connectivity index (χ0v) is 16.3. The van der Waals surface area contributed by atoms with Gasteiger partial charge in [0.1, 0.15) is 6.04 Å². The number of benzene rings is 1. The van der Waals surface area contributed by atoms with Crippen LogP contribution in [0.2, 0.25) is 0 Å². The average Bonchev–Trinajstić information content (AvgIpc) is 3.34. The van der Waals surface area contributed by atoms with Gasteiger partial charge in [-0.05, 0) is 35.6 Å². The van der Waals surface area contributed by atoms with E-state index in [1.807, 2.05) is 17.5 Å². The standard InChI is InChI=1S/C20H16F3N5OS/c21-20(22,23)12-5-3-10(4-6-12)17-16-13(25-19-26-18(24)27-28(17)19)8-11(9-14(16)29)15-2-1-7-30-15/h1-7,11,17H,8-9H2,(H3,24,25,26,27)/t11-,17+/m0/s1. The third-order valence-corrected chi connectivity index (χ3v) is 6.47. The molecule has 10 heteroatoms. The normalized spacial score (nSPS) is 21.2. The third kappa shape index (κ3) is 3.07. The number of rotatable bonds is 2. The Morgan fingerprint density at radius 3 is 2.60 bits per heavy atom. The summed E-state index contributed by atoms with van der Waals surface area (Å²) in [4.78, 5) is 18.5. The van der Waals surface area contributed by atoms with Gasteiger partial charge in [0.25, 0.3) is 0 Å². The van der Waals surface area contributed by atoms with Crippen LogP contribution in [0.3, 0.4) is 0 Å². The lowest BCUT2D eigenvalue weighted by Crippen LogP contribution is -2.33. The Morgan fingerprint density at radius 1 is 1.17 bits per heavy atom. The number of Topliss-reactive ketones (excluding diaryl/α,β-unsaturated/α-hetero) is 1. The molecule has 0 spiro atoms. The lowest BCUT2D eigenvalue weighted by atomic mass is 9.80. The number of fused-ring (bicyclic) bond motifs is 1. The minimum Gasteiger partial charge on any atom is -0.366 e. The largest absolute Gasteiger partial charge is 0.416 e. The predicted molar refractivity (Wildman–Crippen MR) is 106 cm³/mol. The average molecular weight is 431 g/mol. The van der Waals surface area contributed by atoms with Gasteiger partial charge in [0.15, 0.2) is 5.78 Å². The van der Waals surface area contributed by atoms with Gasteiger partial charge in [0.2, 0.25) is 11.9 Å². The molecular formula is C20H16F3N5OS. The van der Waals surface area contributed by atoms with E-state index in [2.05, 4.69) is 15.4 Å². The summed E-state index contributed by atoms with van der Waals surface area (Å²) in [6.45, 7) is 0. The van der Waals surface area contributed by atoms with Crippen LogP contribution < -0.4 is 11.1 Å². The SMILES string of the molecule is Nc1nc2n(n1)[C@H](c1ccc(C(F)(F)F)cc1)C1=C(C[C@H](c3cccs3)CC1=O)N2. The monoisotopic (exact) mass is 431 g/mol. The number of alkyl halides is 3. The number of carbonyl (C=O) groups is 1. The lowest BCUT2D eigenvalue weighted by molar-refractivity contribution is -0.137. The Balaban J connectivity index is 1.60. The molecule has 3 N–H and O–H groups in total. The van der Waals surface area contributed by atoms with Crippen LogP contribution in [0.25, 0.3) is 0 Å². The Kier molecular flexibility index (Phi) is 4.21. The Bertz CT molecular complexity index is 1150. The molecule has 0 amide bonds. The molecule has 3 aromatic rings. The van der Waals surface area contributed by atoms with Crippen molar-refractivity contribution in [1.29, 1.82) is 0 Å². The number of carbonyl (C=O) groups excluding carboxylic acids is 1. The van der Waals surface area contributed by atoms with Crippen LogP contribution in [0.15, 0.2) is 53.0 Å². The number of nitrogen functional groups attached to an aromatic ring is 1. The first-order valence-electron chi connectivity index (χ1n) is 9.27. The number of nitrogens with two attached hydrogens (primary N) is 1. The number of anilines is 2. The van der Waals surface area contributed by atoms with Gasteiger partial charge in [-0.2, -0.15) is 18.2 Å². The zero-order chi connectivity index (χ0) is 21.0. The van der Waals surface area contributed by atoms with Crippen LogP contribution in [0, 0.1) is 0 Å². The molecule has 2 aliphatic rings. The van der Waals surface area contributed by atoms with Crippen molar-refractivity contribution < 1.29 is 18.0 Å². The van der Waals surface area contributed by atoms with Crippen molar-refractivity contribution in [3.63, 3.8) is 0 Å². The summed E-state index contributed by atoms with van der Waals surface area (Å²) in [5, 5.41) is 9.33. The predicted octanol–water partition coefficient (Wildman–Crippen LogP) is 4.36. The van der Waals surface area contributed by atoms with Gasteiger partial charge in [-0.3, -0.25) is 4.79 Å². The van der Waals surface area contributed by atoms with Crippen LogP contribution in [-0.2, 0) is 11.0 Å². The molecule has 2 atom stereocenters. The van der Waals surface area contributed by atoms with Gasteiger partial charge < -0.3 is 11.1 Å². The number of nitrogens with one attached hydrogen (secondary N) is 1. The van der Waals surface area contributed by atoms with Crippen LogP contribution in [0.4, 0.5) is 25.1 Å². The topological polar surface area (TPSA) is 85.8 Å². The van der Waals surface area contributed by atoms with Crippen molar-refractivity contribution in [3.8, 4) is 0 Å². The second kappa shape index (κ2) is 6.69. The number of aromatic nitrogens is 3. The molecule has 30 heavy (non-hydrogen) atoms. The van der Waals surface area contributed by atoms with Crippen molar-refractivity contribution in [2.75, 3.05) is 11.1 Å². The summed E-state index contributed by atoms with van der Waals surface area (Å²) >= 11 is 1.60. The minimum atomic E-state index is -4.44. The quantitative estimate of drug-likeness (QED) is 0.630. The molecule has 0 saturated carbocycles. The summed E-state index contributed by atoms with van der Waals surface area (Å²) in [5.41, 5.74) is 6.76. The highest BCUT2D eigenvalue weighted by molar-refractivity contribution is 7.10. The fourth-order valence-electron chi connectivity index (χ4n) is 4.12. The van der Waals surface area contributed by atoms with E-state index >= 15 is 0 Å². The number of ketones is 1. The number of hydrogen-bond acceptors (Lipinski definition) is 6. The molecule has 0 saturated heterocycles. The Hall–Kier alpha value is -3.14. The molecule has 0 bridgehead atoms. The Morgan fingerprint density at radius 2 is 1.93 bits per heavy atom. The first-order valence-corrected chi connectivity index (χ1v) is 10.1. The van der Waals surface area contributed by atoms with E-state index < -0.39 is 17.8 Å². The number of hydrogen-bond donors (Lipinski definition) is 2. The van der Waals surface area contributed by atoms with Gasteiger partial charge in [-0.1, -0.05) is 18.2 Å². The second-order valence-electron chi connectivity index (χ2n) is 7.32. The van der Waals surface area contributed by atoms with E-state index in [-0.39, 0.29) is 17.6 Å². The molecule has 1 aliphatic heterocycles. The number of nitrogens with zero attached hydrogens (tertiary/aromatic N) is 3. The van der Waals surface area contributed by atoms with E-state index in [9.17, 15) is 18.0 Å². The molecule has 0 radical (unpaired) electrons. The second-order valence-corrected chi connectivity index (χ2v) is 8.30. The van der Waals surface area contributed by atoms with Crippen molar-refractivity contribution in [2.24, 2.45) is 0 Å². The van der Waals surface area contributed by atoms with Crippen LogP contribution in [-0.4, -0.2) is 20.5 Å². The first kappa shape index (κ1) is 18.9. The van der Waals surface area contributed by atoms with Gasteiger partial charge in [0.05, 0.1) is 5.56 Å². The molecule has 3 heterocycles. The van der Waals surface area contributed by atoms with Crippen LogP contribution in [0.5, 0.6) is 0 Å². The molecule has 0 unspecified atom stereocenters. The van der Waals surface area contributed by atoms with Gasteiger partial charge in [-0.25, -0.2) is 4.68 Å². The van der Waals surface area contributed by atoms with Gasteiger partial charge in [-0.15, -0.1) is 16.4 Å². The number of halogens is 3. The smallest absolute Gasteiger partial charge is 0.366 e. The molecular weight excluding hydrogens is 415 g/mol. The molecule has 2 aromatic heterocycles. The maximum atomic E-state index is 13.2. The summed E-state index contributed by atoms with van der Waals surface area (Å²) in [6.07, 6.45) is -3.50. The molecule has 154 valence electrons. The van der Waals surface area contributed by atoms with Crippen LogP contribution in [0.1, 0.15) is 40.8 Å². The lowest BCUT2D eigenvalue weighted by Gasteiger charge is -2.34. The van der Waals surface area contributed by atoms with Gasteiger partial charge >= 0.3 is 6.18 Å². The van der Waals surface area contributed by atoms with Crippen LogP contribution >= 0.6 is 11.3 Å². The fraction of sp³-hybridized carbons (Fsp3) is 0.250. The third-order valence-electron chi connectivity index (χ3n) is 5.44. The van der Waals surface area contributed by atoms with Crippen molar-refractivity contribution in [3.05, 3.63) is 69.1 Å². The molecule has 6 nitrogen and oxygen atoms in total. The van der Waals surface area contributed by atoms with Crippen molar-refractivity contribution in [1.82, 2.24) is 14.8 Å². The highest BCUT2D eigenvalue weighted by Gasteiger charge is 2.40. The maximum Gasteiger partial charge on any atom is 0.416 e. The minimum absolute atomic E-state index is 0.0246. The van der Waals surface area contributed by atoms with E-state index in [0.29, 0.717) is 29.9 Å². The number of thiophene rings is 1. The van der Waals surface area contributed by atoms with Gasteiger partial charge in [0, 0.05) is 28.5 Å². The zero-order valence-electron chi connectivity index (χ0n) is 15.5. The summed E-state index contributed by atoms with van der Waals surface area (Å²) in [7, 11) is 0. The molecule has 1 aliphatic carbocycles. The van der Waals surface area contributed by atoms with Crippen molar-refractivity contribution in [2.45, 2.75) is 31.0 Å². The highest BCUT2D eigenvalue weighted by Crippen LogP contribution is 2.45. The fourth-order valence-corrected chi connectivity index (χ4v) is 4.95. The Labute approximate surface area is 173 Å². The summed E-state index contributed by atoms with van der Waals surface area (Å²) < 4.78 is 40.5. The number of allylic oxidation sites excluding steroid dienone is 2. The molecule has 0 fully saturated rings. The van der Waals surface area contributed by atoms with E-state index in [0.717, 1.165) is 22.7 Å². The molecule has 1 aromatic carbocycles.